The van der Waals surface area contributed by atoms with Crippen molar-refractivity contribution in [1.82, 2.24) is 9.80 Å². The lowest BCUT2D eigenvalue weighted by Gasteiger charge is -2.37. The van der Waals surface area contributed by atoms with E-state index in [1.807, 2.05) is 0 Å². The van der Waals surface area contributed by atoms with Gasteiger partial charge in [0.25, 0.3) is 0 Å². The average Bonchev–Trinajstić information content (AvgIpc) is 2.17. The summed E-state index contributed by atoms with van der Waals surface area (Å²) < 4.78 is 0. The lowest BCUT2D eigenvalue weighted by atomic mass is 10.0. The zero-order chi connectivity index (χ0) is 9.84. The van der Waals surface area contributed by atoms with Gasteiger partial charge in [0.2, 0.25) is 0 Å². The maximum absolute atomic E-state index is 5.65. The van der Waals surface area contributed by atoms with Crippen LogP contribution < -0.4 is 5.73 Å². The summed E-state index contributed by atoms with van der Waals surface area (Å²) in [6.45, 7) is 5.43. The van der Waals surface area contributed by atoms with Crippen LogP contribution in [0, 0.1) is 0 Å². The van der Waals surface area contributed by atoms with Gasteiger partial charge in [-0.05, 0) is 47.0 Å². The first-order valence-corrected chi connectivity index (χ1v) is 5.25. The molecule has 0 unspecified atom stereocenters. The molecular weight excluding hydrogens is 162 g/mol. The van der Waals surface area contributed by atoms with E-state index in [4.69, 9.17) is 5.73 Å². The van der Waals surface area contributed by atoms with E-state index in [1.54, 1.807) is 0 Å². The third-order valence-corrected chi connectivity index (χ3v) is 3.30. The molecule has 3 heteroatoms. The van der Waals surface area contributed by atoms with Crippen molar-refractivity contribution in [2.24, 2.45) is 5.73 Å². The first kappa shape index (κ1) is 11.0. The van der Waals surface area contributed by atoms with Crippen molar-refractivity contribution >= 4 is 0 Å². The highest BCUT2D eigenvalue weighted by molar-refractivity contribution is 4.79. The Labute approximate surface area is 81.9 Å². The number of nitrogens with two attached hydrogens (primary N) is 1. The molecule has 0 amide bonds. The number of nitrogens with zero attached hydrogens (tertiary/aromatic N) is 2. The molecule has 78 valence electrons. The molecule has 0 aromatic heterocycles. The maximum atomic E-state index is 5.65. The van der Waals surface area contributed by atoms with Crippen LogP contribution in [0.15, 0.2) is 0 Å². The highest BCUT2D eigenvalue weighted by atomic mass is 15.2. The third kappa shape index (κ3) is 2.93. The number of likely N-dealkylation sites (tertiary alicyclic amines) is 1. The van der Waals surface area contributed by atoms with Crippen LogP contribution >= 0.6 is 0 Å². The minimum Gasteiger partial charge on any atom is -0.329 e. The SMILES string of the molecule is C[C@H](CN)N(C)C1CCN(C)CC1. The van der Waals surface area contributed by atoms with E-state index in [2.05, 4.69) is 30.8 Å². The lowest BCUT2D eigenvalue weighted by molar-refractivity contribution is 0.116. The molecular formula is C10H23N3. The molecule has 0 spiro atoms. The molecule has 0 aromatic carbocycles. The van der Waals surface area contributed by atoms with Crippen LogP contribution in [0.4, 0.5) is 0 Å². The fraction of sp³-hybridized carbons (Fsp3) is 1.00. The van der Waals surface area contributed by atoms with Crippen LogP contribution in [0.3, 0.4) is 0 Å². The molecule has 1 aliphatic heterocycles. The van der Waals surface area contributed by atoms with E-state index in [9.17, 15) is 0 Å². The summed E-state index contributed by atoms with van der Waals surface area (Å²) in [5.74, 6) is 0. The zero-order valence-electron chi connectivity index (χ0n) is 9.16. The van der Waals surface area contributed by atoms with Crippen molar-refractivity contribution in [1.29, 1.82) is 0 Å². The van der Waals surface area contributed by atoms with E-state index in [1.165, 1.54) is 25.9 Å². The topological polar surface area (TPSA) is 32.5 Å². The Morgan fingerprint density at radius 2 is 2.00 bits per heavy atom. The van der Waals surface area contributed by atoms with Crippen molar-refractivity contribution in [2.75, 3.05) is 33.7 Å². The third-order valence-electron chi connectivity index (χ3n) is 3.30. The summed E-state index contributed by atoms with van der Waals surface area (Å²) in [6, 6.07) is 1.27. The van der Waals surface area contributed by atoms with Gasteiger partial charge in [0.1, 0.15) is 0 Å². The second kappa shape index (κ2) is 4.94. The number of hydrogen-bond acceptors (Lipinski definition) is 3. The molecule has 0 aromatic rings. The van der Waals surface area contributed by atoms with E-state index in [-0.39, 0.29) is 0 Å². The van der Waals surface area contributed by atoms with Gasteiger partial charge in [-0.25, -0.2) is 0 Å². The Hall–Kier alpha value is -0.120. The zero-order valence-corrected chi connectivity index (χ0v) is 9.16. The van der Waals surface area contributed by atoms with Crippen LogP contribution in [-0.2, 0) is 0 Å². The molecule has 3 nitrogen and oxygen atoms in total. The van der Waals surface area contributed by atoms with Gasteiger partial charge in [-0.2, -0.15) is 0 Å². The quantitative estimate of drug-likeness (QED) is 0.689. The molecule has 1 aliphatic rings. The molecule has 0 radical (unpaired) electrons. The maximum Gasteiger partial charge on any atom is 0.0190 e. The monoisotopic (exact) mass is 185 g/mol. The van der Waals surface area contributed by atoms with Gasteiger partial charge in [0.15, 0.2) is 0 Å². The van der Waals surface area contributed by atoms with Crippen molar-refractivity contribution in [3.8, 4) is 0 Å². The predicted molar refractivity (Wildman–Crippen MR) is 56.8 cm³/mol. The molecule has 0 bridgehead atoms. The predicted octanol–water partition coefficient (Wildman–Crippen LogP) is 0.360. The molecule has 0 aliphatic carbocycles. The second-order valence-electron chi connectivity index (χ2n) is 4.28. The van der Waals surface area contributed by atoms with E-state index >= 15 is 0 Å². The van der Waals surface area contributed by atoms with Crippen molar-refractivity contribution in [2.45, 2.75) is 31.8 Å². The van der Waals surface area contributed by atoms with Gasteiger partial charge in [-0.15, -0.1) is 0 Å². The summed E-state index contributed by atoms with van der Waals surface area (Å²) >= 11 is 0. The molecule has 13 heavy (non-hydrogen) atoms. The summed E-state index contributed by atoms with van der Waals surface area (Å²) in [6.07, 6.45) is 2.58. The van der Waals surface area contributed by atoms with Crippen LogP contribution in [0.1, 0.15) is 19.8 Å². The van der Waals surface area contributed by atoms with Gasteiger partial charge in [-0.1, -0.05) is 0 Å². The first-order valence-electron chi connectivity index (χ1n) is 5.25. The van der Waals surface area contributed by atoms with Crippen LogP contribution in [-0.4, -0.2) is 55.6 Å². The Morgan fingerprint density at radius 3 is 2.46 bits per heavy atom. The summed E-state index contributed by atoms with van der Waals surface area (Å²) in [4.78, 5) is 4.84. The smallest absolute Gasteiger partial charge is 0.0190 e. The summed E-state index contributed by atoms with van der Waals surface area (Å²) in [5.41, 5.74) is 5.65. The van der Waals surface area contributed by atoms with Crippen molar-refractivity contribution < 1.29 is 0 Å². The molecule has 1 fully saturated rings. The Balaban J connectivity index is 2.35. The number of hydrogen-bond donors (Lipinski definition) is 1. The van der Waals surface area contributed by atoms with Crippen molar-refractivity contribution in [3.05, 3.63) is 0 Å². The molecule has 1 rings (SSSR count). The Morgan fingerprint density at radius 1 is 1.46 bits per heavy atom. The molecule has 1 heterocycles. The molecule has 1 atom stereocenters. The van der Waals surface area contributed by atoms with Gasteiger partial charge in [0, 0.05) is 18.6 Å². The average molecular weight is 185 g/mol. The summed E-state index contributed by atoms with van der Waals surface area (Å²) in [5, 5.41) is 0. The van der Waals surface area contributed by atoms with E-state index < -0.39 is 0 Å². The highest BCUT2D eigenvalue weighted by Crippen LogP contribution is 2.15. The van der Waals surface area contributed by atoms with Crippen molar-refractivity contribution in [3.63, 3.8) is 0 Å². The van der Waals surface area contributed by atoms with Gasteiger partial charge in [-0.3, -0.25) is 4.90 Å². The highest BCUT2D eigenvalue weighted by Gasteiger charge is 2.22. The summed E-state index contributed by atoms with van der Waals surface area (Å²) in [7, 11) is 4.40. The van der Waals surface area contributed by atoms with Crippen LogP contribution in [0.5, 0.6) is 0 Å². The van der Waals surface area contributed by atoms with Gasteiger partial charge < -0.3 is 10.6 Å². The normalized spacial score (nSPS) is 23.8. The van der Waals surface area contributed by atoms with E-state index in [0.717, 1.165) is 12.6 Å². The minimum atomic E-state index is 0.522. The Bertz CT molecular complexity index is 141. The fourth-order valence-corrected chi connectivity index (χ4v) is 1.93. The number of piperidine rings is 1. The van der Waals surface area contributed by atoms with Crippen LogP contribution in [0.2, 0.25) is 0 Å². The number of rotatable bonds is 3. The fourth-order valence-electron chi connectivity index (χ4n) is 1.93. The Kier molecular flexibility index (Phi) is 4.16. The first-order chi connectivity index (χ1) is 6.15. The van der Waals surface area contributed by atoms with Crippen LogP contribution in [0.25, 0.3) is 0 Å². The largest absolute Gasteiger partial charge is 0.329 e. The molecule has 1 saturated heterocycles. The van der Waals surface area contributed by atoms with Gasteiger partial charge >= 0.3 is 0 Å². The van der Waals surface area contributed by atoms with E-state index in [0.29, 0.717) is 6.04 Å². The van der Waals surface area contributed by atoms with Gasteiger partial charge in [0.05, 0.1) is 0 Å². The standard InChI is InChI=1S/C10H23N3/c1-9(8-11)13(3)10-4-6-12(2)7-5-10/h9-10H,4-8,11H2,1-3H3/t9-/m1/s1. The lowest BCUT2D eigenvalue weighted by Crippen LogP contribution is -2.47. The molecule has 0 saturated carbocycles. The minimum absolute atomic E-state index is 0.522. The molecule has 2 N–H and O–H groups in total. The second-order valence-corrected chi connectivity index (χ2v) is 4.28. The number of likely N-dealkylation sites (N-methyl/N-ethyl adjacent to an activating group) is 1.